The topological polar surface area (TPSA) is 17.1 Å². The van der Waals surface area contributed by atoms with Crippen LogP contribution in [-0.2, 0) is 4.79 Å². The van der Waals surface area contributed by atoms with Gasteiger partial charge in [-0.3, -0.25) is 4.79 Å². The number of carbonyl (C=O) groups excluding carboxylic acids is 1. The Hall–Kier alpha value is -0.310. The predicted octanol–water partition coefficient (Wildman–Crippen LogP) is 4.72. The lowest BCUT2D eigenvalue weighted by Crippen LogP contribution is -2.11. The fourth-order valence-corrected chi connectivity index (χ4v) is 3.10. The van der Waals surface area contributed by atoms with Crippen LogP contribution in [0.2, 0.25) is 10.0 Å². The number of allylic oxidation sites excluding steroid dienone is 2. The van der Waals surface area contributed by atoms with Crippen molar-refractivity contribution >= 4 is 44.9 Å². The summed E-state index contributed by atoms with van der Waals surface area (Å²) in [6.45, 7) is 0. The Morgan fingerprint density at radius 2 is 2.00 bits per heavy atom. The van der Waals surface area contributed by atoms with Gasteiger partial charge in [0.2, 0.25) is 0 Å². The Balaban J connectivity index is 2.32. The van der Waals surface area contributed by atoms with Gasteiger partial charge in [0.15, 0.2) is 5.78 Å². The zero-order valence-electron chi connectivity index (χ0n) is 8.34. The summed E-state index contributed by atoms with van der Waals surface area (Å²) in [4.78, 5) is 11.5. The number of hydrogen-bond donors (Lipinski definition) is 0. The van der Waals surface area contributed by atoms with Crippen molar-refractivity contribution in [1.29, 1.82) is 0 Å². The van der Waals surface area contributed by atoms with Crippen molar-refractivity contribution in [2.75, 3.05) is 0 Å². The molecule has 0 N–H and O–H groups in total. The number of carbonyl (C=O) groups is 1. The summed E-state index contributed by atoms with van der Waals surface area (Å²) in [6.07, 6.45) is 2.96. The van der Waals surface area contributed by atoms with Gasteiger partial charge in [0, 0.05) is 16.5 Å². The van der Waals surface area contributed by atoms with Crippen LogP contribution in [0.3, 0.4) is 0 Å². The summed E-state index contributed by atoms with van der Waals surface area (Å²) >= 11 is 15.3. The van der Waals surface area contributed by atoms with Crippen LogP contribution in [0.1, 0.15) is 24.3 Å². The molecule has 0 radical (unpaired) electrons. The van der Waals surface area contributed by atoms with Crippen LogP contribution in [0.4, 0.5) is 0 Å². The smallest absolute Gasteiger partial charge is 0.157 e. The molecule has 0 saturated carbocycles. The van der Waals surface area contributed by atoms with Gasteiger partial charge in [-0.25, -0.2) is 0 Å². The summed E-state index contributed by atoms with van der Waals surface area (Å²) in [7, 11) is 0. The Kier molecular flexibility index (Phi) is 3.73. The number of rotatable bonds is 1. The molecule has 1 atom stereocenters. The third-order valence-corrected chi connectivity index (χ3v) is 3.72. The maximum Gasteiger partial charge on any atom is 0.157 e. The van der Waals surface area contributed by atoms with Gasteiger partial charge < -0.3 is 0 Å². The van der Waals surface area contributed by atoms with E-state index in [4.69, 9.17) is 23.2 Å². The fourth-order valence-electron chi connectivity index (χ4n) is 1.90. The molecule has 1 aromatic rings. The monoisotopic (exact) mass is 318 g/mol. The zero-order valence-corrected chi connectivity index (χ0v) is 11.4. The lowest BCUT2D eigenvalue weighted by molar-refractivity contribution is -0.115. The van der Waals surface area contributed by atoms with Crippen molar-refractivity contribution in [2.24, 2.45) is 0 Å². The van der Waals surface area contributed by atoms with Crippen LogP contribution < -0.4 is 0 Å². The van der Waals surface area contributed by atoms with Crippen molar-refractivity contribution in [2.45, 2.75) is 18.8 Å². The Morgan fingerprint density at radius 3 is 2.62 bits per heavy atom. The summed E-state index contributed by atoms with van der Waals surface area (Å²) in [6, 6.07) is 5.42. The highest BCUT2D eigenvalue weighted by Crippen LogP contribution is 2.37. The quantitative estimate of drug-likeness (QED) is 0.732. The first kappa shape index (κ1) is 12.2. The van der Waals surface area contributed by atoms with Gasteiger partial charge in [-0.2, -0.15) is 0 Å². The molecule has 0 heterocycles. The summed E-state index contributed by atoms with van der Waals surface area (Å²) in [5.74, 6) is 0.283. The molecule has 0 fully saturated rings. The molecule has 1 aliphatic carbocycles. The van der Waals surface area contributed by atoms with E-state index in [-0.39, 0.29) is 11.7 Å². The van der Waals surface area contributed by atoms with Crippen molar-refractivity contribution in [3.63, 3.8) is 0 Å². The van der Waals surface area contributed by atoms with Gasteiger partial charge in [0.1, 0.15) is 0 Å². The Bertz CT molecular complexity index is 468. The first-order chi connectivity index (χ1) is 7.56. The number of halogens is 3. The molecule has 0 bridgehead atoms. The highest BCUT2D eigenvalue weighted by atomic mass is 79.9. The summed E-state index contributed by atoms with van der Waals surface area (Å²) < 4.78 is 0.930. The molecule has 0 saturated heterocycles. The molecule has 0 aliphatic heterocycles. The highest BCUT2D eigenvalue weighted by molar-refractivity contribution is 9.11. The van der Waals surface area contributed by atoms with Crippen LogP contribution in [-0.4, -0.2) is 5.78 Å². The number of ketones is 1. The van der Waals surface area contributed by atoms with Crippen LogP contribution in [0.15, 0.2) is 28.8 Å². The van der Waals surface area contributed by atoms with Gasteiger partial charge >= 0.3 is 0 Å². The van der Waals surface area contributed by atoms with Gasteiger partial charge in [-0.05, 0) is 40.6 Å². The van der Waals surface area contributed by atoms with Gasteiger partial charge in [0.05, 0.1) is 0 Å². The molecule has 1 aliphatic rings. The maximum absolute atomic E-state index is 11.5. The van der Waals surface area contributed by atoms with Crippen LogP contribution in [0, 0.1) is 0 Å². The van der Waals surface area contributed by atoms with Crippen molar-refractivity contribution < 1.29 is 4.79 Å². The second-order valence-electron chi connectivity index (χ2n) is 3.83. The highest BCUT2D eigenvalue weighted by Gasteiger charge is 2.22. The van der Waals surface area contributed by atoms with E-state index < -0.39 is 0 Å². The largest absolute Gasteiger partial charge is 0.295 e. The molecule has 1 nitrogen and oxygen atoms in total. The molecule has 1 aromatic carbocycles. The minimum Gasteiger partial charge on any atom is -0.295 e. The first-order valence-electron chi connectivity index (χ1n) is 4.90. The molecule has 4 heteroatoms. The van der Waals surface area contributed by atoms with Crippen LogP contribution in [0.25, 0.3) is 0 Å². The van der Waals surface area contributed by atoms with E-state index in [0.717, 1.165) is 16.5 Å². The Morgan fingerprint density at radius 1 is 1.25 bits per heavy atom. The van der Waals surface area contributed by atoms with E-state index >= 15 is 0 Å². The number of benzene rings is 1. The molecule has 1 unspecified atom stereocenters. The van der Waals surface area contributed by atoms with E-state index in [1.54, 1.807) is 18.2 Å². The predicted molar refractivity (Wildman–Crippen MR) is 70.5 cm³/mol. The SMILES string of the molecule is O=C1C=C(Br)CC(c2ccc(Cl)cc2Cl)C1. The molecule has 2 rings (SSSR count). The second-order valence-corrected chi connectivity index (χ2v) is 5.69. The first-order valence-corrected chi connectivity index (χ1v) is 6.45. The Labute approximate surface area is 113 Å². The van der Waals surface area contributed by atoms with Gasteiger partial charge in [-0.1, -0.05) is 45.2 Å². The van der Waals surface area contributed by atoms with Gasteiger partial charge in [-0.15, -0.1) is 0 Å². The second kappa shape index (κ2) is 4.91. The van der Waals surface area contributed by atoms with Crippen LogP contribution >= 0.6 is 39.1 Å². The van der Waals surface area contributed by atoms with E-state index in [0.29, 0.717) is 16.5 Å². The minimum atomic E-state index is 0.133. The third-order valence-electron chi connectivity index (χ3n) is 2.61. The molecular weight excluding hydrogens is 311 g/mol. The third kappa shape index (κ3) is 2.68. The van der Waals surface area contributed by atoms with E-state index in [9.17, 15) is 4.79 Å². The van der Waals surface area contributed by atoms with Crippen molar-refractivity contribution in [1.82, 2.24) is 0 Å². The molecule has 0 aromatic heterocycles. The van der Waals surface area contributed by atoms with Crippen LogP contribution in [0.5, 0.6) is 0 Å². The van der Waals surface area contributed by atoms with E-state index in [1.807, 2.05) is 6.07 Å². The van der Waals surface area contributed by atoms with Crippen molar-refractivity contribution in [3.05, 3.63) is 44.4 Å². The zero-order chi connectivity index (χ0) is 11.7. The fraction of sp³-hybridized carbons (Fsp3) is 0.250. The molecule has 84 valence electrons. The summed E-state index contributed by atoms with van der Waals surface area (Å²) in [5.41, 5.74) is 0.990. The maximum atomic E-state index is 11.5. The molecule has 0 spiro atoms. The molecule has 16 heavy (non-hydrogen) atoms. The standard InChI is InChI=1S/C12H9BrCl2O/c13-8-3-7(4-10(16)5-8)11-2-1-9(14)6-12(11)15/h1-2,5-7H,3-4H2. The lowest BCUT2D eigenvalue weighted by atomic mass is 9.87. The average Bonchev–Trinajstić information content (AvgIpc) is 2.15. The molecule has 0 amide bonds. The average molecular weight is 320 g/mol. The van der Waals surface area contributed by atoms with Gasteiger partial charge in [0.25, 0.3) is 0 Å². The molecular formula is C12H9BrCl2O. The van der Waals surface area contributed by atoms with E-state index in [2.05, 4.69) is 15.9 Å². The number of hydrogen-bond acceptors (Lipinski definition) is 1. The van der Waals surface area contributed by atoms with Crippen molar-refractivity contribution in [3.8, 4) is 0 Å². The lowest BCUT2D eigenvalue weighted by Gasteiger charge is -2.20. The normalized spacial score (nSPS) is 20.8. The minimum absolute atomic E-state index is 0.133. The van der Waals surface area contributed by atoms with E-state index in [1.165, 1.54) is 0 Å². The summed E-state index contributed by atoms with van der Waals surface area (Å²) in [5, 5.41) is 1.25.